The second-order valence-electron chi connectivity index (χ2n) is 4.18. The summed E-state index contributed by atoms with van der Waals surface area (Å²) in [5, 5.41) is 8.79. The Balaban J connectivity index is 4.10. The highest BCUT2D eigenvalue weighted by Gasteiger charge is 2.26. The van der Waals surface area contributed by atoms with Crippen molar-refractivity contribution in [2.24, 2.45) is 17.6 Å². The molecule has 0 aromatic rings. The molecular formula is C9H21NO. The quantitative estimate of drug-likeness (QED) is 0.651. The van der Waals surface area contributed by atoms with Gasteiger partial charge in [-0.15, -0.1) is 0 Å². The van der Waals surface area contributed by atoms with Gasteiger partial charge in [-0.3, -0.25) is 0 Å². The highest BCUT2D eigenvalue weighted by molar-refractivity contribution is 4.83. The molecule has 0 aromatic carbocycles. The van der Waals surface area contributed by atoms with Crippen LogP contribution in [0.1, 0.15) is 34.1 Å². The molecule has 0 saturated heterocycles. The lowest BCUT2D eigenvalue weighted by molar-refractivity contribution is 0.174. The van der Waals surface area contributed by atoms with Crippen LogP contribution in [-0.4, -0.2) is 17.3 Å². The van der Waals surface area contributed by atoms with Gasteiger partial charge in [0.15, 0.2) is 0 Å². The van der Waals surface area contributed by atoms with E-state index in [2.05, 4.69) is 13.8 Å². The standard InChI is InChI=1S/C9H21NO/c1-7(2)8(5-6-11)9(3,4)10/h7-8,11H,5-6,10H2,1-4H3. The number of hydrogen-bond acceptors (Lipinski definition) is 2. The van der Waals surface area contributed by atoms with Crippen LogP contribution in [0.15, 0.2) is 0 Å². The van der Waals surface area contributed by atoms with Crippen molar-refractivity contribution in [3.63, 3.8) is 0 Å². The number of hydrogen-bond donors (Lipinski definition) is 2. The predicted octanol–water partition coefficient (Wildman–Crippen LogP) is 1.38. The summed E-state index contributed by atoms with van der Waals surface area (Å²) in [6.45, 7) is 8.58. The average Bonchev–Trinajstić information content (AvgIpc) is 1.79. The number of rotatable bonds is 4. The number of aliphatic hydroxyl groups is 1. The Labute approximate surface area is 69.8 Å². The van der Waals surface area contributed by atoms with E-state index in [-0.39, 0.29) is 12.1 Å². The van der Waals surface area contributed by atoms with E-state index in [1.165, 1.54) is 0 Å². The molecule has 0 fully saturated rings. The molecule has 0 aliphatic rings. The predicted molar refractivity (Wildman–Crippen MR) is 48.3 cm³/mol. The lowest BCUT2D eigenvalue weighted by Crippen LogP contribution is -2.43. The van der Waals surface area contributed by atoms with E-state index in [1.54, 1.807) is 0 Å². The molecule has 11 heavy (non-hydrogen) atoms. The normalized spacial score (nSPS) is 15.5. The van der Waals surface area contributed by atoms with Gasteiger partial charge >= 0.3 is 0 Å². The molecule has 0 amide bonds. The first kappa shape index (κ1) is 10.9. The number of aliphatic hydroxyl groups excluding tert-OH is 1. The van der Waals surface area contributed by atoms with Gasteiger partial charge in [0.1, 0.15) is 0 Å². The molecule has 0 rings (SSSR count). The van der Waals surface area contributed by atoms with E-state index in [4.69, 9.17) is 10.8 Å². The third-order valence-electron chi connectivity index (χ3n) is 2.20. The van der Waals surface area contributed by atoms with E-state index >= 15 is 0 Å². The zero-order valence-electron chi connectivity index (χ0n) is 8.09. The molecule has 2 heteroatoms. The fourth-order valence-corrected chi connectivity index (χ4v) is 1.70. The average molecular weight is 159 g/mol. The summed E-state index contributed by atoms with van der Waals surface area (Å²) in [4.78, 5) is 0. The van der Waals surface area contributed by atoms with Gasteiger partial charge in [-0.05, 0) is 32.1 Å². The Morgan fingerprint density at radius 2 is 1.82 bits per heavy atom. The second kappa shape index (κ2) is 4.07. The van der Waals surface area contributed by atoms with Gasteiger partial charge in [0, 0.05) is 12.1 Å². The fourth-order valence-electron chi connectivity index (χ4n) is 1.70. The summed E-state index contributed by atoms with van der Waals surface area (Å²) in [7, 11) is 0. The second-order valence-corrected chi connectivity index (χ2v) is 4.18. The Bertz CT molecular complexity index is 105. The summed E-state index contributed by atoms with van der Waals surface area (Å²) in [5.41, 5.74) is 5.79. The molecule has 0 radical (unpaired) electrons. The summed E-state index contributed by atoms with van der Waals surface area (Å²) < 4.78 is 0. The SMILES string of the molecule is CC(C)C(CCO)C(C)(C)N. The smallest absolute Gasteiger partial charge is 0.0434 e. The molecule has 68 valence electrons. The molecular weight excluding hydrogens is 138 g/mol. The summed E-state index contributed by atoms with van der Waals surface area (Å²) >= 11 is 0. The Kier molecular flexibility index (Phi) is 4.04. The molecule has 0 aromatic heterocycles. The first-order chi connectivity index (χ1) is 4.89. The zero-order valence-corrected chi connectivity index (χ0v) is 8.09. The van der Waals surface area contributed by atoms with E-state index in [1.807, 2.05) is 13.8 Å². The van der Waals surface area contributed by atoms with Gasteiger partial charge in [0.25, 0.3) is 0 Å². The topological polar surface area (TPSA) is 46.2 Å². The first-order valence-corrected chi connectivity index (χ1v) is 4.29. The molecule has 0 aliphatic heterocycles. The minimum Gasteiger partial charge on any atom is -0.396 e. The van der Waals surface area contributed by atoms with E-state index in [0.29, 0.717) is 11.8 Å². The highest BCUT2D eigenvalue weighted by Crippen LogP contribution is 2.25. The molecule has 0 spiro atoms. The molecule has 3 N–H and O–H groups in total. The van der Waals surface area contributed by atoms with Crippen molar-refractivity contribution in [1.29, 1.82) is 0 Å². The maximum Gasteiger partial charge on any atom is 0.0434 e. The van der Waals surface area contributed by atoms with Gasteiger partial charge in [0.2, 0.25) is 0 Å². The summed E-state index contributed by atoms with van der Waals surface area (Å²) in [6.07, 6.45) is 0.807. The first-order valence-electron chi connectivity index (χ1n) is 4.29. The van der Waals surface area contributed by atoms with Gasteiger partial charge < -0.3 is 10.8 Å². The monoisotopic (exact) mass is 159 g/mol. The third-order valence-corrected chi connectivity index (χ3v) is 2.20. The molecule has 2 nitrogen and oxygen atoms in total. The highest BCUT2D eigenvalue weighted by atomic mass is 16.3. The van der Waals surface area contributed by atoms with E-state index in [0.717, 1.165) is 6.42 Å². The minimum absolute atomic E-state index is 0.170. The van der Waals surface area contributed by atoms with Crippen LogP contribution in [0.3, 0.4) is 0 Å². The van der Waals surface area contributed by atoms with Crippen molar-refractivity contribution >= 4 is 0 Å². The van der Waals surface area contributed by atoms with Crippen LogP contribution >= 0.6 is 0 Å². The Morgan fingerprint density at radius 1 is 1.36 bits per heavy atom. The van der Waals surface area contributed by atoms with Gasteiger partial charge in [-0.1, -0.05) is 13.8 Å². The lowest BCUT2D eigenvalue weighted by atomic mass is 9.78. The third kappa shape index (κ3) is 3.73. The molecule has 0 aliphatic carbocycles. The summed E-state index contributed by atoms with van der Waals surface area (Å²) in [5.74, 6) is 0.953. The van der Waals surface area contributed by atoms with Crippen molar-refractivity contribution in [3.05, 3.63) is 0 Å². The van der Waals surface area contributed by atoms with Crippen molar-refractivity contribution in [2.75, 3.05) is 6.61 Å². The van der Waals surface area contributed by atoms with E-state index < -0.39 is 0 Å². The molecule has 1 atom stereocenters. The Morgan fingerprint density at radius 3 is 1.91 bits per heavy atom. The zero-order chi connectivity index (χ0) is 9.07. The Hall–Kier alpha value is -0.0800. The maximum atomic E-state index is 8.79. The van der Waals surface area contributed by atoms with Crippen LogP contribution in [0, 0.1) is 11.8 Å². The van der Waals surface area contributed by atoms with Crippen LogP contribution in [0.2, 0.25) is 0 Å². The van der Waals surface area contributed by atoms with Crippen molar-refractivity contribution < 1.29 is 5.11 Å². The molecule has 0 bridgehead atoms. The van der Waals surface area contributed by atoms with Crippen LogP contribution < -0.4 is 5.73 Å². The number of nitrogens with two attached hydrogens (primary N) is 1. The van der Waals surface area contributed by atoms with Gasteiger partial charge in [-0.2, -0.15) is 0 Å². The molecule has 0 saturated carbocycles. The molecule has 1 unspecified atom stereocenters. The largest absolute Gasteiger partial charge is 0.396 e. The van der Waals surface area contributed by atoms with Crippen molar-refractivity contribution in [2.45, 2.75) is 39.7 Å². The lowest BCUT2D eigenvalue weighted by Gasteiger charge is -2.33. The van der Waals surface area contributed by atoms with Gasteiger partial charge in [-0.25, -0.2) is 0 Å². The van der Waals surface area contributed by atoms with Crippen molar-refractivity contribution in [1.82, 2.24) is 0 Å². The maximum absolute atomic E-state index is 8.79. The van der Waals surface area contributed by atoms with Crippen molar-refractivity contribution in [3.8, 4) is 0 Å². The van der Waals surface area contributed by atoms with Crippen LogP contribution in [0.4, 0.5) is 0 Å². The van der Waals surface area contributed by atoms with E-state index in [9.17, 15) is 0 Å². The molecule has 0 heterocycles. The minimum atomic E-state index is -0.170. The van der Waals surface area contributed by atoms with Gasteiger partial charge in [0.05, 0.1) is 0 Å². The fraction of sp³-hybridized carbons (Fsp3) is 1.00. The van der Waals surface area contributed by atoms with Crippen LogP contribution in [0.5, 0.6) is 0 Å². The van der Waals surface area contributed by atoms with Crippen LogP contribution in [0.25, 0.3) is 0 Å². The van der Waals surface area contributed by atoms with Crippen LogP contribution in [-0.2, 0) is 0 Å². The summed E-state index contributed by atoms with van der Waals surface area (Å²) in [6, 6.07) is 0.